The molecule has 1 saturated heterocycles. The van der Waals surface area contributed by atoms with Gasteiger partial charge >= 0.3 is 12.2 Å². The van der Waals surface area contributed by atoms with Crippen LogP contribution in [-0.2, 0) is 12.7 Å². The Balaban J connectivity index is 1.74. The van der Waals surface area contributed by atoms with Gasteiger partial charge < -0.3 is 15.5 Å². The Morgan fingerprint density at radius 2 is 1.93 bits per heavy atom. The normalized spacial score (nSPS) is 14.3. The minimum atomic E-state index is -4.48. The number of rotatable bonds is 4. The number of pyridine rings is 1. The molecule has 5 nitrogen and oxygen atoms in total. The van der Waals surface area contributed by atoms with Crippen LogP contribution in [0.5, 0.6) is 0 Å². The third kappa shape index (κ3) is 5.03. The Bertz CT molecular complexity index is 805. The number of anilines is 2. The van der Waals surface area contributed by atoms with Crippen molar-refractivity contribution in [3.8, 4) is 0 Å². The van der Waals surface area contributed by atoms with E-state index in [1.807, 2.05) is 4.90 Å². The number of benzene rings is 1. The molecule has 0 spiro atoms. The number of halogens is 4. The van der Waals surface area contributed by atoms with E-state index in [0.717, 1.165) is 43.6 Å². The summed E-state index contributed by atoms with van der Waals surface area (Å²) in [5.74, 6) is 0. The molecule has 9 heteroatoms. The average Bonchev–Trinajstić information content (AvgIpc) is 3.15. The predicted molar refractivity (Wildman–Crippen MR) is 98.0 cm³/mol. The number of carbonyl (C=O) groups excluding carboxylic acids is 1. The maximum Gasteiger partial charge on any atom is 0.416 e. The topological polar surface area (TPSA) is 57.3 Å². The van der Waals surface area contributed by atoms with Crippen LogP contribution in [0.25, 0.3) is 0 Å². The summed E-state index contributed by atoms with van der Waals surface area (Å²) in [6, 6.07) is 6.12. The number of alkyl halides is 3. The SMILES string of the molecule is O=C(NCc1ccc(Cl)nc1)Nc1cc(C(F)(F)F)ccc1N1CCCC1. The fourth-order valence-electron chi connectivity index (χ4n) is 2.91. The maximum atomic E-state index is 13.1. The summed E-state index contributed by atoms with van der Waals surface area (Å²) in [5, 5.41) is 5.49. The maximum absolute atomic E-state index is 13.1. The second-order valence-electron chi connectivity index (χ2n) is 6.22. The molecule has 3 rings (SSSR count). The molecule has 2 amide bonds. The number of urea groups is 1. The molecule has 0 bridgehead atoms. The Kier molecular flexibility index (Phi) is 5.74. The van der Waals surface area contributed by atoms with Gasteiger partial charge in [-0.15, -0.1) is 0 Å². The van der Waals surface area contributed by atoms with Gasteiger partial charge in [-0.05, 0) is 42.7 Å². The van der Waals surface area contributed by atoms with Crippen molar-refractivity contribution in [3.63, 3.8) is 0 Å². The largest absolute Gasteiger partial charge is 0.416 e. The van der Waals surface area contributed by atoms with Crippen molar-refractivity contribution in [2.24, 2.45) is 0 Å². The zero-order chi connectivity index (χ0) is 19.4. The number of aromatic nitrogens is 1. The average molecular weight is 399 g/mol. The Morgan fingerprint density at radius 3 is 2.56 bits per heavy atom. The third-order valence-electron chi connectivity index (χ3n) is 4.26. The molecule has 0 radical (unpaired) electrons. The van der Waals surface area contributed by atoms with Crippen molar-refractivity contribution in [1.29, 1.82) is 0 Å². The molecule has 1 fully saturated rings. The van der Waals surface area contributed by atoms with Crippen LogP contribution in [0.3, 0.4) is 0 Å². The molecular weight excluding hydrogens is 381 g/mol. The van der Waals surface area contributed by atoms with Crippen LogP contribution in [0.4, 0.5) is 29.3 Å². The van der Waals surface area contributed by atoms with Gasteiger partial charge in [0.05, 0.1) is 16.9 Å². The summed E-state index contributed by atoms with van der Waals surface area (Å²) >= 11 is 5.71. The quantitative estimate of drug-likeness (QED) is 0.735. The first-order valence-corrected chi connectivity index (χ1v) is 8.82. The van der Waals surface area contributed by atoms with Crippen molar-refractivity contribution in [2.75, 3.05) is 23.3 Å². The van der Waals surface area contributed by atoms with Crippen LogP contribution in [-0.4, -0.2) is 24.1 Å². The molecule has 2 heterocycles. The van der Waals surface area contributed by atoms with Crippen molar-refractivity contribution < 1.29 is 18.0 Å². The summed E-state index contributed by atoms with van der Waals surface area (Å²) in [6.45, 7) is 1.67. The molecule has 144 valence electrons. The molecule has 2 N–H and O–H groups in total. The van der Waals surface area contributed by atoms with E-state index in [4.69, 9.17) is 11.6 Å². The minimum Gasteiger partial charge on any atom is -0.370 e. The molecule has 0 aliphatic carbocycles. The Labute approximate surface area is 159 Å². The van der Waals surface area contributed by atoms with Crippen LogP contribution in [0.1, 0.15) is 24.0 Å². The van der Waals surface area contributed by atoms with E-state index >= 15 is 0 Å². The van der Waals surface area contributed by atoms with E-state index in [1.165, 1.54) is 12.3 Å². The lowest BCUT2D eigenvalue weighted by molar-refractivity contribution is -0.137. The van der Waals surface area contributed by atoms with Gasteiger partial charge in [-0.3, -0.25) is 0 Å². The molecule has 0 unspecified atom stereocenters. The van der Waals surface area contributed by atoms with E-state index in [1.54, 1.807) is 12.1 Å². The first-order chi connectivity index (χ1) is 12.8. The van der Waals surface area contributed by atoms with E-state index < -0.39 is 17.8 Å². The summed E-state index contributed by atoms with van der Waals surface area (Å²) in [6.07, 6.45) is -1.03. The van der Waals surface area contributed by atoms with Gasteiger partial charge in [-0.25, -0.2) is 9.78 Å². The molecule has 1 aromatic heterocycles. The van der Waals surface area contributed by atoms with E-state index in [9.17, 15) is 18.0 Å². The van der Waals surface area contributed by atoms with Crippen LogP contribution in [0.15, 0.2) is 36.5 Å². The molecule has 27 heavy (non-hydrogen) atoms. The van der Waals surface area contributed by atoms with Crippen LogP contribution >= 0.6 is 11.6 Å². The van der Waals surface area contributed by atoms with Gasteiger partial charge in [0.25, 0.3) is 0 Å². The van der Waals surface area contributed by atoms with Crippen molar-refractivity contribution in [3.05, 3.63) is 52.8 Å². The zero-order valence-corrected chi connectivity index (χ0v) is 15.1. The highest BCUT2D eigenvalue weighted by Gasteiger charge is 2.32. The monoisotopic (exact) mass is 398 g/mol. The highest BCUT2D eigenvalue weighted by Crippen LogP contribution is 2.36. The number of carbonyl (C=O) groups is 1. The third-order valence-corrected chi connectivity index (χ3v) is 4.48. The summed E-state index contributed by atoms with van der Waals surface area (Å²) < 4.78 is 39.2. The van der Waals surface area contributed by atoms with Crippen LogP contribution in [0.2, 0.25) is 5.15 Å². The summed E-state index contributed by atoms with van der Waals surface area (Å²) in [5.41, 5.74) is 0.642. The number of nitrogens with zero attached hydrogens (tertiary/aromatic N) is 2. The zero-order valence-electron chi connectivity index (χ0n) is 14.3. The van der Waals surface area contributed by atoms with E-state index in [0.29, 0.717) is 10.8 Å². The Morgan fingerprint density at radius 1 is 1.19 bits per heavy atom. The van der Waals surface area contributed by atoms with Gasteiger partial charge in [0, 0.05) is 25.8 Å². The number of amides is 2. The molecule has 1 aliphatic heterocycles. The number of hydrogen-bond donors (Lipinski definition) is 2. The fraction of sp³-hybridized carbons (Fsp3) is 0.333. The molecule has 0 saturated carbocycles. The molecule has 2 aromatic rings. The van der Waals surface area contributed by atoms with Gasteiger partial charge in [-0.2, -0.15) is 13.2 Å². The first-order valence-electron chi connectivity index (χ1n) is 8.44. The lowest BCUT2D eigenvalue weighted by Crippen LogP contribution is -2.29. The van der Waals surface area contributed by atoms with Crippen LogP contribution < -0.4 is 15.5 Å². The molecular formula is C18H18ClF3N4O. The van der Waals surface area contributed by atoms with Gasteiger partial charge in [-0.1, -0.05) is 17.7 Å². The minimum absolute atomic E-state index is 0.137. The van der Waals surface area contributed by atoms with Gasteiger partial charge in [0.1, 0.15) is 5.15 Å². The highest BCUT2D eigenvalue weighted by molar-refractivity contribution is 6.29. The second kappa shape index (κ2) is 8.04. The fourth-order valence-corrected chi connectivity index (χ4v) is 3.02. The number of nitrogens with one attached hydrogen (secondary N) is 2. The summed E-state index contributed by atoms with van der Waals surface area (Å²) in [4.78, 5) is 18.1. The summed E-state index contributed by atoms with van der Waals surface area (Å²) in [7, 11) is 0. The standard InChI is InChI=1S/C18H18ClF3N4O/c19-16-6-3-12(10-23-16)11-24-17(27)25-14-9-13(18(20,21)22)4-5-15(14)26-7-1-2-8-26/h3-6,9-10H,1-2,7-8,11H2,(H2,24,25,27). The molecule has 0 atom stereocenters. The lowest BCUT2D eigenvalue weighted by atomic mass is 10.1. The Hall–Kier alpha value is -2.48. The highest BCUT2D eigenvalue weighted by atomic mass is 35.5. The molecule has 1 aliphatic rings. The van der Waals surface area contributed by atoms with Crippen molar-refractivity contribution in [2.45, 2.75) is 25.6 Å². The van der Waals surface area contributed by atoms with Gasteiger partial charge in [0.2, 0.25) is 0 Å². The second-order valence-corrected chi connectivity index (χ2v) is 6.61. The van der Waals surface area contributed by atoms with Gasteiger partial charge in [0.15, 0.2) is 0 Å². The van der Waals surface area contributed by atoms with Crippen molar-refractivity contribution in [1.82, 2.24) is 10.3 Å². The number of hydrogen-bond acceptors (Lipinski definition) is 3. The predicted octanol–water partition coefficient (Wildman–Crippen LogP) is 4.68. The smallest absolute Gasteiger partial charge is 0.370 e. The van der Waals surface area contributed by atoms with Crippen molar-refractivity contribution >= 4 is 29.0 Å². The van der Waals surface area contributed by atoms with E-state index in [2.05, 4.69) is 15.6 Å². The van der Waals surface area contributed by atoms with E-state index in [-0.39, 0.29) is 12.2 Å². The van der Waals surface area contributed by atoms with Crippen LogP contribution in [0, 0.1) is 0 Å². The first kappa shape index (κ1) is 19.3. The molecule has 1 aromatic carbocycles. The lowest BCUT2D eigenvalue weighted by Gasteiger charge is -2.23.